The Bertz CT molecular complexity index is 333. The Balaban J connectivity index is 2.54. The number of amides is 2. The van der Waals surface area contributed by atoms with Gasteiger partial charge in [-0.15, -0.1) is 0 Å². The minimum Gasteiger partial charge on any atom is -0.344 e. The van der Waals surface area contributed by atoms with Gasteiger partial charge in [-0.3, -0.25) is 24.5 Å². The summed E-state index contributed by atoms with van der Waals surface area (Å²) in [6.45, 7) is 1.22. The summed E-state index contributed by atoms with van der Waals surface area (Å²) in [7, 11) is -3.11. The predicted octanol–water partition coefficient (Wildman–Crippen LogP) is -0.628. The second-order valence-corrected chi connectivity index (χ2v) is 5.76. The maximum atomic E-state index is 11.1. The van der Waals surface area contributed by atoms with Crippen LogP contribution >= 0.6 is 7.37 Å². The molecule has 0 aliphatic carbocycles. The summed E-state index contributed by atoms with van der Waals surface area (Å²) in [5.74, 6) is -1.05. The summed E-state index contributed by atoms with van der Waals surface area (Å²) in [5, 5.41) is 2.07. The molecule has 0 aromatic rings. The summed E-state index contributed by atoms with van der Waals surface area (Å²) in [4.78, 5) is 34.4. The van der Waals surface area contributed by atoms with Crippen molar-refractivity contribution in [2.75, 3.05) is 12.8 Å². The molecule has 0 saturated carbocycles. The van der Waals surface area contributed by atoms with Crippen LogP contribution in [0.1, 0.15) is 6.42 Å². The van der Waals surface area contributed by atoms with Gasteiger partial charge in [-0.25, -0.2) is 0 Å². The van der Waals surface area contributed by atoms with E-state index in [9.17, 15) is 14.2 Å². The van der Waals surface area contributed by atoms with Crippen LogP contribution in [0.15, 0.2) is 4.99 Å². The molecule has 0 aromatic carbocycles. The highest BCUT2D eigenvalue weighted by atomic mass is 31.2. The Morgan fingerprint density at radius 3 is 2.79 bits per heavy atom. The van der Waals surface area contributed by atoms with Crippen LogP contribution in [0, 0.1) is 0 Å². The first-order chi connectivity index (χ1) is 6.38. The van der Waals surface area contributed by atoms with Crippen LogP contribution in [0.25, 0.3) is 0 Å². The molecule has 0 radical (unpaired) electrons. The predicted molar refractivity (Wildman–Crippen MR) is 50.7 cm³/mol. The van der Waals surface area contributed by atoms with Crippen LogP contribution in [0.3, 0.4) is 0 Å². The monoisotopic (exact) mass is 218 g/mol. The molecule has 0 bridgehead atoms. The first-order valence-electron chi connectivity index (χ1n) is 4.06. The Kier molecular flexibility index (Phi) is 3.18. The largest absolute Gasteiger partial charge is 0.344 e. The standard InChI is InChI=1S/C7H11N2O4P/c1-14(12,13)3-2-5-7(11)9-6(10)4-8-5/h4-5H,2-3H2,1H3,(H,12,13)(H,9,10,11). The molecule has 2 unspecified atom stereocenters. The van der Waals surface area contributed by atoms with Gasteiger partial charge < -0.3 is 4.89 Å². The summed E-state index contributed by atoms with van der Waals surface area (Å²) < 4.78 is 10.9. The van der Waals surface area contributed by atoms with Gasteiger partial charge in [0.15, 0.2) is 7.37 Å². The summed E-state index contributed by atoms with van der Waals surface area (Å²) >= 11 is 0. The van der Waals surface area contributed by atoms with Crippen LogP contribution in [0.2, 0.25) is 0 Å². The third-order valence-corrected chi connectivity index (χ3v) is 2.83. The summed E-state index contributed by atoms with van der Waals surface area (Å²) in [5.41, 5.74) is 0. The lowest BCUT2D eigenvalue weighted by Gasteiger charge is -2.15. The SMILES string of the molecule is CP(=O)(O)CCC1N=CC(=O)NC1=O. The van der Waals surface area contributed by atoms with E-state index in [1.807, 2.05) is 0 Å². The van der Waals surface area contributed by atoms with E-state index in [1.165, 1.54) is 6.66 Å². The lowest BCUT2D eigenvalue weighted by atomic mass is 10.2. The van der Waals surface area contributed by atoms with Crippen LogP contribution in [-0.2, 0) is 14.2 Å². The normalized spacial score (nSPS) is 25.7. The van der Waals surface area contributed by atoms with Crippen molar-refractivity contribution in [3.05, 3.63) is 0 Å². The maximum Gasteiger partial charge on any atom is 0.268 e. The fourth-order valence-corrected chi connectivity index (χ4v) is 1.75. The minimum absolute atomic E-state index is 0.0244. The zero-order valence-electron chi connectivity index (χ0n) is 7.64. The van der Waals surface area contributed by atoms with Gasteiger partial charge in [0.1, 0.15) is 6.04 Å². The van der Waals surface area contributed by atoms with Crippen molar-refractivity contribution in [2.45, 2.75) is 12.5 Å². The molecule has 0 fully saturated rings. The number of carbonyl (C=O) groups excluding carboxylic acids is 2. The minimum atomic E-state index is -3.11. The van der Waals surface area contributed by atoms with Gasteiger partial charge in [0.25, 0.3) is 11.8 Å². The second kappa shape index (κ2) is 4.02. The molecule has 1 heterocycles. The molecule has 2 amide bonds. The molecular weight excluding hydrogens is 207 g/mol. The van der Waals surface area contributed by atoms with Gasteiger partial charge in [0.2, 0.25) is 0 Å². The lowest BCUT2D eigenvalue weighted by molar-refractivity contribution is -0.128. The van der Waals surface area contributed by atoms with Crippen molar-refractivity contribution in [3.63, 3.8) is 0 Å². The van der Waals surface area contributed by atoms with E-state index >= 15 is 0 Å². The van der Waals surface area contributed by atoms with E-state index in [0.29, 0.717) is 0 Å². The van der Waals surface area contributed by atoms with Crippen molar-refractivity contribution < 1.29 is 19.0 Å². The highest BCUT2D eigenvalue weighted by molar-refractivity contribution is 7.57. The summed E-state index contributed by atoms with van der Waals surface area (Å²) in [6.07, 6.45) is 1.22. The lowest BCUT2D eigenvalue weighted by Crippen LogP contribution is -2.43. The van der Waals surface area contributed by atoms with Crippen molar-refractivity contribution in [1.82, 2.24) is 5.32 Å². The Labute approximate surface area is 80.9 Å². The van der Waals surface area contributed by atoms with Gasteiger partial charge in [-0.2, -0.15) is 0 Å². The molecule has 7 heteroatoms. The average molecular weight is 218 g/mol. The molecule has 2 N–H and O–H groups in total. The van der Waals surface area contributed by atoms with E-state index in [1.54, 1.807) is 0 Å². The third kappa shape index (κ3) is 3.40. The zero-order chi connectivity index (χ0) is 10.8. The molecule has 0 spiro atoms. The van der Waals surface area contributed by atoms with Crippen LogP contribution in [0.5, 0.6) is 0 Å². The van der Waals surface area contributed by atoms with Gasteiger partial charge in [-0.1, -0.05) is 0 Å². The number of hydrogen-bond acceptors (Lipinski definition) is 4. The molecular formula is C7H11N2O4P. The quantitative estimate of drug-likeness (QED) is 0.487. The first-order valence-corrected chi connectivity index (χ1v) is 6.35. The highest BCUT2D eigenvalue weighted by Crippen LogP contribution is 2.36. The fourth-order valence-electron chi connectivity index (χ4n) is 1.03. The molecule has 14 heavy (non-hydrogen) atoms. The van der Waals surface area contributed by atoms with Gasteiger partial charge in [-0.05, 0) is 6.42 Å². The molecule has 78 valence electrons. The topological polar surface area (TPSA) is 95.8 Å². The zero-order valence-corrected chi connectivity index (χ0v) is 8.53. The maximum absolute atomic E-state index is 11.1. The molecule has 1 rings (SSSR count). The van der Waals surface area contributed by atoms with Crippen molar-refractivity contribution in [1.29, 1.82) is 0 Å². The smallest absolute Gasteiger partial charge is 0.268 e. The van der Waals surface area contributed by atoms with E-state index in [2.05, 4.69) is 10.3 Å². The Morgan fingerprint density at radius 1 is 1.64 bits per heavy atom. The number of nitrogens with zero attached hydrogens (tertiary/aromatic N) is 1. The molecule has 1 aliphatic rings. The van der Waals surface area contributed by atoms with E-state index in [-0.39, 0.29) is 12.6 Å². The summed E-state index contributed by atoms with van der Waals surface area (Å²) in [6, 6.07) is -0.715. The third-order valence-electron chi connectivity index (χ3n) is 1.74. The van der Waals surface area contributed by atoms with E-state index in [0.717, 1.165) is 6.21 Å². The number of hydrogen-bond donors (Lipinski definition) is 2. The molecule has 2 atom stereocenters. The molecule has 0 saturated heterocycles. The van der Waals surface area contributed by atoms with E-state index < -0.39 is 25.2 Å². The first kappa shape index (κ1) is 11.1. The number of imide groups is 1. The van der Waals surface area contributed by atoms with Crippen molar-refractivity contribution >= 4 is 25.4 Å². The number of aliphatic imine (C=N–C) groups is 1. The van der Waals surface area contributed by atoms with Gasteiger partial charge in [0, 0.05) is 12.8 Å². The molecule has 6 nitrogen and oxygen atoms in total. The second-order valence-electron chi connectivity index (χ2n) is 3.21. The number of rotatable bonds is 3. The number of carbonyl (C=O) groups is 2. The van der Waals surface area contributed by atoms with Crippen LogP contribution in [-0.4, -0.2) is 41.8 Å². The van der Waals surface area contributed by atoms with Crippen molar-refractivity contribution in [2.24, 2.45) is 4.99 Å². The van der Waals surface area contributed by atoms with Crippen LogP contribution < -0.4 is 5.32 Å². The van der Waals surface area contributed by atoms with Crippen LogP contribution in [0.4, 0.5) is 0 Å². The van der Waals surface area contributed by atoms with E-state index in [4.69, 9.17) is 4.89 Å². The Morgan fingerprint density at radius 2 is 2.29 bits per heavy atom. The highest BCUT2D eigenvalue weighted by Gasteiger charge is 2.24. The van der Waals surface area contributed by atoms with Crippen molar-refractivity contribution in [3.8, 4) is 0 Å². The fraction of sp³-hybridized carbons (Fsp3) is 0.571. The molecule has 0 aromatic heterocycles. The Hall–Kier alpha value is -1.00. The van der Waals surface area contributed by atoms with Gasteiger partial charge in [0.05, 0.1) is 6.21 Å². The number of nitrogens with one attached hydrogen (secondary N) is 1. The average Bonchev–Trinajstić information content (AvgIpc) is 2.00. The molecule has 1 aliphatic heterocycles. The van der Waals surface area contributed by atoms with Gasteiger partial charge >= 0.3 is 0 Å².